The summed E-state index contributed by atoms with van der Waals surface area (Å²) in [7, 11) is 0. The Bertz CT molecular complexity index is 326. The average molecular weight is 296 g/mol. The minimum atomic E-state index is -0.412. The van der Waals surface area contributed by atoms with Crippen molar-refractivity contribution in [3.05, 3.63) is 0 Å². The number of amides is 1. The maximum atomic E-state index is 11.7. The lowest BCUT2D eigenvalue weighted by Gasteiger charge is -2.30. The van der Waals surface area contributed by atoms with Crippen LogP contribution in [0.5, 0.6) is 0 Å². The molecule has 0 heterocycles. The molecule has 2 rings (SSSR count). The van der Waals surface area contributed by atoms with E-state index in [0.717, 1.165) is 38.1 Å². The Morgan fingerprint density at radius 3 is 2.24 bits per heavy atom. The van der Waals surface area contributed by atoms with E-state index in [2.05, 4.69) is 10.6 Å². The quantitative estimate of drug-likeness (QED) is 0.736. The van der Waals surface area contributed by atoms with Gasteiger partial charge in [-0.2, -0.15) is 0 Å². The molecule has 2 fully saturated rings. The van der Waals surface area contributed by atoms with E-state index in [1.807, 2.05) is 20.8 Å². The second kappa shape index (κ2) is 7.48. The van der Waals surface area contributed by atoms with E-state index in [1.54, 1.807) is 0 Å². The van der Waals surface area contributed by atoms with Gasteiger partial charge >= 0.3 is 6.09 Å². The predicted molar refractivity (Wildman–Crippen MR) is 85.4 cm³/mol. The normalized spacial score (nSPS) is 26.4. The number of carbonyl (C=O) groups is 1. The summed E-state index contributed by atoms with van der Waals surface area (Å²) < 4.78 is 5.31. The highest BCUT2D eigenvalue weighted by molar-refractivity contribution is 5.68. The summed E-state index contributed by atoms with van der Waals surface area (Å²) >= 11 is 0. The third kappa shape index (κ3) is 7.16. The molecule has 0 atom stereocenters. The van der Waals surface area contributed by atoms with Gasteiger partial charge in [0.25, 0.3) is 0 Å². The van der Waals surface area contributed by atoms with Crippen LogP contribution in [0.15, 0.2) is 0 Å². The molecule has 0 saturated heterocycles. The summed E-state index contributed by atoms with van der Waals surface area (Å²) in [6, 6.07) is 0.922. The number of nitrogens with one attached hydrogen (secondary N) is 2. The summed E-state index contributed by atoms with van der Waals surface area (Å²) in [6.07, 6.45) is 9.79. The Kier molecular flexibility index (Phi) is 5.91. The Morgan fingerprint density at radius 1 is 1.05 bits per heavy atom. The lowest BCUT2D eigenvalue weighted by atomic mass is 9.91. The highest BCUT2D eigenvalue weighted by Crippen LogP contribution is 2.33. The first-order chi connectivity index (χ1) is 9.92. The van der Waals surface area contributed by atoms with Crippen LogP contribution in [-0.4, -0.2) is 30.3 Å². The number of hydrogen-bond acceptors (Lipinski definition) is 3. The number of ether oxygens (including phenoxy) is 1. The summed E-state index contributed by atoms with van der Waals surface area (Å²) in [4.78, 5) is 11.7. The van der Waals surface area contributed by atoms with Crippen molar-refractivity contribution in [3.63, 3.8) is 0 Å². The van der Waals surface area contributed by atoms with Crippen LogP contribution in [0.2, 0.25) is 0 Å². The Hall–Kier alpha value is -0.770. The van der Waals surface area contributed by atoms with Crippen LogP contribution in [0.1, 0.15) is 72.1 Å². The van der Waals surface area contributed by atoms with E-state index in [-0.39, 0.29) is 12.1 Å². The van der Waals surface area contributed by atoms with Crippen molar-refractivity contribution < 1.29 is 9.53 Å². The standard InChI is InChI=1S/C17H32N2O2/c1-17(2,3)21-16(20)19-15-10-8-14(9-11-15)18-12-4-5-13-6-7-13/h13-15,18H,4-12H2,1-3H3,(H,19,20). The second-order valence-corrected chi connectivity index (χ2v) is 7.73. The molecule has 0 radical (unpaired) electrons. The zero-order chi connectivity index (χ0) is 15.3. The monoisotopic (exact) mass is 296 g/mol. The lowest BCUT2D eigenvalue weighted by molar-refractivity contribution is 0.0490. The number of rotatable bonds is 6. The van der Waals surface area contributed by atoms with Crippen molar-refractivity contribution in [2.45, 2.75) is 89.8 Å². The fourth-order valence-electron chi connectivity index (χ4n) is 3.02. The number of carbonyl (C=O) groups excluding carboxylic acids is 1. The molecule has 4 nitrogen and oxygen atoms in total. The highest BCUT2D eigenvalue weighted by Gasteiger charge is 2.25. The minimum Gasteiger partial charge on any atom is -0.444 e. The van der Waals surface area contributed by atoms with E-state index < -0.39 is 5.60 Å². The molecule has 122 valence electrons. The van der Waals surface area contributed by atoms with Crippen LogP contribution < -0.4 is 10.6 Å². The molecule has 0 aromatic rings. The molecule has 2 N–H and O–H groups in total. The summed E-state index contributed by atoms with van der Waals surface area (Å²) in [5.41, 5.74) is -0.412. The Labute approximate surface area is 129 Å². The van der Waals surface area contributed by atoms with Crippen LogP contribution in [0.25, 0.3) is 0 Å². The molecule has 2 aliphatic rings. The SMILES string of the molecule is CC(C)(C)OC(=O)NC1CCC(NCCCC2CC2)CC1. The van der Waals surface area contributed by atoms with E-state index in [4.69, 9.17) is 4.74 Å². The molecular formula is C17H32N2O2. The third-order valence-electron chi connectivity index (χ3n) is 4.37. The Morgan fingerprint density at radius 2 is 1.67 bits per heavy atom. The van der Waals surface area contributed by atoms with Crippen LogP contribution >= 0.6 is 0 Å². The first kappa shape index (κ1) is 16.6. The molecule has 2 saturated carbocycles. The second-order valence-electron chi connectivity index (χ2n) is 7.73. The van der Waals surface area contributed by atoms with Gasteiger partial charge in [-0.25, -0.2) is 4.79 Å². The third-order valence-corrected chi connectivity index (χ3v) is 4.37. The van der Waals surface area contributed by atoms with Gasteiger partial charge in [0.2, 0.25) is 0 Å². The first-order valence-corrected chi connectivity index (χ1v) is 8.65. The fourth-order valence-corrected chi connectivity index (χ4v) is 3.02. The van der Waals surface area contributed by atoms with E-state index in [9.17, 15) is 4.79 Å². The van der Waals surface area contributed by atoms with Crippen molar-refractivity contribution in [2.24, 2.45) is 5.92 Å². The van der Waals surface area contributed by atoms with Gasteiger partial charge in [0.05, 0.1) is 0 Å². The summed E-state index contributed by atoms with van der Waals surface area (Å²) in [5.74, 6) is 1.04. The van der Waals surface area contributed by atoms with Gasteiger partial charge in [-0.3, -0.25) is 0 Å². The topological polar surface area (TPSA) is 50.4 Å². The molecule has 0 aromatic heterocycles. The molecule has 2 aliphatic carbocycles. The zero-order valence-electron chi connectivity index (χ0n) is 13.9. The van der Waals surface area contributed by atoms with E-state index in [0.29, 0.717) is 6.04 Å². The van der Waals surface area contributed by atoms with E-state index in [1.165, 1.54) is 25.7 Å². The van der Waals surface area contributed by atoms with Crippen molar-refractivity contribution in [1.82, 2.24) is 10.6 Å². The summed E-state index contributed by atoms with van der Waals surface area (Å²) in [6.45, 7) is 6.85. The molecule has 4 heteroatoms. The van der Waals surface area contributed by atoms with Crippen molar-refractivity contribution >= 4 is 6.09 Å². The van der Waals surface area contributed by atoms with Crippen molar-refractivity contribution in [3.8, 4) is 0 Å². The van der Waals surface area contributed by atoms with E-state index >= 15 is 0 Å². The number of alkyl carbamates (subject to hydrolysis) is 1. The van der Waals surface area contributed by atoms with Gasteiger partial charge in [0.1, 0.15) is 5.60 Å². The largest absolute Gasteiger partial charge is 0.444 e. The average Bonchev–Trinajstić information content (AvgIpc) is 3.18. The van der Waals surface area contributed by atoms with Gasteiger partial charge < -0.3 is 15.4 Å². The van der Waals surface area contributed by atoms with Gasteiger partial charge in [-0.1, -0.05) is 12.8 Å². The maximum absolute atomic E-state index is 11.7. The minimum absolute atomic E-state index is 0.275. The van der Waals surface area contributed by atoms with Gasteiger partial charge in [0, 0.05) is 12.1 Å². The molecular weight excluding hydrogens is 264 g/mol. The fraction of sp³-hybridized carbons (Fsp3) is 0.941. The summed E-state index contributed by atoms with van der Waals surface area (Å²) in [5, 5.41) is 6.67. The van der Waals surface area contributed by atoms with Gasteiger partial charge in [-0.15, -0.1) is 0 Å². The predicted octanol–water partition coefficient (Wildman–Crippen LogP) is 3.60. The number of hydrogen-bond donors (Lipinski definition) is 2. The van der Waals surface area contributed by atoms with Crippen molar-refractivity contribution in [1.29, 1.82) is 0 Å². The van der Waals surface area contributed by atoms with Crippen molar-refractivity contribution in [2.75, 3.05) is 6.54 Å². The molecule has 0 aliphatic heterocycles. The smallest absolute Gasteiger partial charge is 0.407 e. The molecule has 0 unspecified atom stereocenters. The molecule has 0 bridgehead atoms. The lowest BCUT2D eigenvalue weighted by Crippen LogP contribution is -2.44. The first-order valence-electron chi connectivity index (χ1n) is 8.65. The highest BCUT2D eigenvalue weighted by atomic mass is 16.6. The molecule has 1 amide bonds. The zero-order valence-corrected chi connectivity index (χ0v) is 13.9. The van der Waals surface area contributed by atoms with Crippen LogP contribution in [0.3, 0.4) is 0 Å². The maximum Gasteiger partial charge on any atom is 0.407 e. The van der Waals surface area contributed by atoms with Crippen LogP contribution in [0, 0.1) is 5.92 Å². The molecule has 0 aromatic carbocycles. The Balaban J connectivity index is 1.53. The van der Waals surface area contributed by atoms with Crippen LogP contribution in [-0.2, 0) is 4.74 Å². The molecule has 21 heavy (non-hydrogen) atoms. The van der Waals surface area contributed by atoms with Gasteiger partial charge in [0.15, 0.2) is 0 Å². The van der Waals surface area contributed by atoms with Gasteiger partial charge in [-0.05, 0) is 71.8 Å². The van der Waals surface area contributed by atoms with Crippen LogP contribution in [0.4, 0.5) is 4.79 Å². The molecule has 0 spiro atoms.